The molecule has 0 aromatic carbocycles. The summed E-state index contributed by atoms with van der Waals surface area (Å²) in [6.45, 7) is 13.7. The molecule has 0 amide bonds. The summed E-state index contributed by atoms with van der Waals surface area (Å²) in [6, 6.07) is 0. The van der Waals surface area contributed by atoms with Crippen LogP contribution in [0.15, 0.2) is 0 Å². The van der Waals surface area contributed by atoms with Crippen LogP contribution < -0.4 is 0 Å². The number of carbonyl (C=O) groups is 3. The Morgan fingerprint density at radius 2 is 0.460 bits per heavy atom. The molecule has 0 N–H and O–H groups in total. The maximum absolute atomic E-state index is 12.8. The summed E-state index contributed by atoms with van der Waals surface area (Å²) in [6.07, 6.45) is 49.6. The van der Waals surface area contributed by atoms with E-state index < -0.39 is 6.10 Å². The first-order valence-corrected chi connectivity index (χ1v) is 28.1. The van der Waals surface area contributed by atoms with Gasteiger partial charge in [-0.3, -0.25) is 14.4 Å². The Hall–Kier alpha value is -1.59. The largest absolute Gasteiger partial charge is 0.462 e. The van der Waals surface area contributed by atoms with Gasteiger partial charge in [-0.2, -0.15) is 0 Å². The Kier molecular flexibility index (Phi) is 47.1. The van der Waals surface area contributed by atoms with Crippen molar-refractivity contribution in [3.63, 3.8) is 0 Å². The third-order valence-corrected chi connectivity index (χ3v) is 12.9. The Labute approximate surface area is 393 Å². The summed E-state index contributed by atoms with van der Waals surface area (Å²) in [5.74, 6) is 1.63. The molecular formula is C57H110O6. The van der Waals surface area contributed by atoms with Crippen molar-refractivity contribution in [2.24, 2.45) is 17.8 Å². The minimum Gasteiger partial charge on any atom is -0.462 e. The first kappa shape index (κ1) is 61.4. The Bertz CT molecular complexity index is 976. The molecule has 0 aliphatic heterocycles. The molecule has 0 aliphatic rings. The highest BCUT2D eigenvalue weighted by molar-refractivity contribution is 5.71. The van der Waals surface area contributed by atoms with E-state index in [0.29, 0.717) is 19.3 Å². The van der Waals surface area contributed by atoms with Crippen molar-refractivity contribution < 1.29 is 28.6 Å². The van der Waals surface area contributed by atoms with Gasteiger partial charge in [0.2, 0.25) is 0 Å². The van der Waals surface area contributed by atoms with Crippen LogP contribution >= 0.6 is 0 Å². The lowest BCUT2D eigenvalue weighted by Gasteiger charge is -2.18. The number of rotatable bonds is 50. The lowest BCUT2D eigenvalue weighted by Crippen LogP contribution is -2.30. The van der Waals surface area contributed by atoms with E-state index in [1.54, 1.807) is 0 Å². The van der Waals surface area contributed by atoms with Gasteiger partial charge in [-0.25, -0.2) is 0 Å². The van der Waals surface area contributed by atoms with Gasteiger partial charge in [0.15, 0.2) is 6.10 Å². The minimum absolute atomic E-state index is 0.0642. The van der Waals surface area contributed by atoms with Crippen LogP contribution in [-0.4, -0.2) is 37.2 Å². The van der Waals surface area contributed by atoms with E-state index in [4.69, 9.17) is 14.2 Å². The summed E-state index contributed by atoms with van der Waals surface area (Å²) in [5, 5.41) is 0. The van der Waals surface area contributed by atoms with Gasteiger partial charge in [0.05, 0.1) is 0 Å². The molecule has 0 saturated heterocycles. The van der Waals surface area contributed by atoms with Crippen LogP contribution in [0.5, 0.6) is 0 Å². The first-order chi connectivity index (χ1) is 30.6. The van der Waals surface area contributed by atoms with E-state index in [1.165, 1.54) is 193 Å². The van der Waals surface area contributed by atoms with Crippen molar-refractivity contribution in [2.45, 2.75) is 317 Å². The monoisotopic (exact) mass is 891 g/mol. The number of carbonyl (C=O) groups excluding carboxylic acids is 3. The molecule has 6 nitrogen and oxygen atoms in total. The highest BCUT2D eigenvalue weighted by atomic mass is 16.6. The molecule has 0 bridgehead atoms. The number of hydrogen-bond donors (Lipinski definition) is 0. The Morgan fingerprint density at radius 1 is 0.270 bits per heavy atom. The third-order valence-electron chi connectivity index (χ3n) is 12.9. The van der Waals surface area contributed by atoms with Gasteiger partial charge in [0.1, 0.15) is 13.2 Å². The van der Waals surface area contributed by atoms with Gasteiger partial charge in [0, 0.05) is 19.3 Å². The zero-order valence-electron chi connectivity index (χ0n) is 43.4. The predicted molar refractivity (Wildman–Crippen MR) is 270 cm³/mol. The van der Waals surface area contributed by atoms with E-state index >= 15 is 0 Å². The van der Waals surface area contributed by atoms with Crippen LogP contribution in [0.25, 0.3) is 0 Å². The lowest BCUT2D eigenvalue weighted by atomic mass is 10.0. The fourth-order valence-corrected chi connectivity index (χ4v) is 8.65. The second kappa shape index (κ2) is 48.3. The lowest BCUT2D eigenvalue weighted by molar-refractivity contribution is -0.167. The van der Waals surface area contributed by atoms with Gasteiger partial charge in [-0.15, -0.1) is 0 Å². The van der Waals surface area contributed by atoms with Gasteiger partial charge < -0.3 is 14.2 Å². The van der Waals surface area contributed by atoms with E-state index in [-0.39, 0.29) is 31.1 Å². The van der Waals surface area contributed by atoms with Crippen LogP contribution in [0.4, 0.5) is 0 Å². The van der Waals surface area contributed by atoms with Crippen LogP contribution in [0, 0.1) is 17.8 Å². The normalized spacial score (nSPS) is 12.1. The van der Waals surface area contributed by atoms with Crippen LogP contribution in [0.3, 0.4) is 0 Å². The molecule has 0 radical (unpaired) electrons. The number of hydrogen-bond acceptors (Lipinski definition) is 6. The Balaban J connectivity index is 4.25. The van der Waals surface area contributed by atoms with Crippen LogP contribution in [-0.2, 0) is 28.6 Å². The highest BCUT2D eigenvalue weighted by Crippen LogP contribution is 2.18. The average molecular weight is 892 g/mol. The van der Waals surface area contributed by atoms with E-state index in [9.17, 15) is 14.4 Å². The fourth-order valence-electron chi connectivity index (χ4n) is 8.65. The summed E-state index contributed by atoms with van der Waals surface area (Å²) in [7, 11) is 0. The Morgan fingerprint density at radius 3 is 0.683 bits per heavy atom. The fraction of sp³-hybridized carbons (Fsp3) is 0.947. The third kappa shape index (κ3) is 51.3. The molecule has 1 atom stereocenters. The van der Waals surface area contributed by atoms with E-state index in [0.717, 1.165) is 75.5 Å². The molecule has 0 heterocycles. The maximum atomic E-state index is 12.8. The standard InChI is InChI=1S/C57H110O6/c1-51(2)43-37-31-25-19-15-11-9-7-8-10-12-17-21-28-34-40-46-55(58)61-49-54(63-57(60)48-42-36-30-24-23-27-33-39-45-53(5)6)50-62-56(59)47-41-35-29-22-18-14-13-16-20-26-32-38-44-52(3)4/h51-54H,7-50H2,1-6H3/t54-/m0/s1. The topological polar surface area (TPSA) is 78.9 Å². The molecule has 0 rings (SSSR count). The van der Waals surface area contributed by atoms with Gasteiger partial charge in [0.25, 0.3) is 0 Å². The zero-order chi connectivity index (χ0) is 46.3. The van der Waals surface area contributed by atoms with Crippen molar-refractivity contribution in [3.05, 3.63) is 0 Å². The summed E-state index contributed by atoms with van der Waals surface area (Å²) < 4.78 is 16.9. The predicted octanol–water partition coefficient (Wildman–Crippen LogP) is 18.3. The highest BCUT2D eigenvalue weighted by Gasteiger charge is 2.19. The zero-order valence-corrected chi connectivity index (χ0v) is 43.4. The van der Waals surface area contributed by atoms with Crippen LogP contribution in [0.1, 0.15) is 311 Å². The molecule has 0 spiro atoms. The molecular weight excluding hydrogens is 781 g/mol. The minimum atomic E-state index is -0.763. The molecule has 0 fully saturated rings. The van der Waals surface area contributed by atoms with E-state index in [1.807, 2.05) is 0 Å². The van der Waals surface area contributed by atoms with Gasteiger partial charge in [-0.05, 0) is 37.0 Å². The molecule has 0 aliphatic carbocycles. The second-order valence-electron chi connectivity index (χ2n) is 21.0. The molecule has 0 aromatic heterocycles. The molecule has 63 heavy (non-hydrogen) atoms. The number of unbranched alkanes of at least 4 members (excludes halogenated alkanes) is 33. The van der Waals surface area contributed by atoms with Gasteiger partial charge in [-0.1, -0.05) is 273 Å². The van der Waals surface area contributed by atoms with Crippen LogP contribution in [0.2, 0.25) is 0 Å². The maximum Gasteiger partial charge on any atom is 0.306 e. The molecule has 374 valence electrons. The molecule has 6 heteroatoms. The SMILES string of the molecule is CC(C)CCCCCCCCCCCCCCCCCCC(=O)OC[C@@H](COC(=O)CCCCCCCCCCCCCCC(C)C)OC(=O)CCCCCCCCCCC(C)C. The number of ether oxygens (including phenoxy) is 3. The molecule has 0 saturated carbocycles. The van der Waals surface area contributed by atoms with Crippen molar-refractivity contribution >= 4 is 17.9 Å². The number of esters is 3. The molecule has 0 unspecified atom stereocenters. The first-order valence-electron chi connectivity index (χ1n) is 28.1. The second-order valence-corrected chi connectivity index (χ2v) is 21.0. The van der Waals surface area contributed by atoms with Crippen molar-refractivity contribution in [2.75, 3.05) is 13.2 Å². The van der Waals surface area contributed by atoms with Crippen molar-refractivity contribution in [1.29, 1.82) is 0 Å². The van der Waals surface area contributed by atoms with Crippen molar-refractivity contribution in [1.82, 2.24) is 0 Å². The van der Waals surface area contributed by atoms with Gasteiger partial charge >= 0.3 is 17.9 Å². The van der Waals surface area contributed by atoms with Crippen molar-refractivity contribution in [3.8, 4) is 0 Å². The summed E-state index contributed by atoms with van der Waals surface area (Å²) >= 11 is 0. The summed E-state index contributed by atoms with van der Waals surface area (Å²) in [4.78, 5) is 38.0. The quantitative estimate of drug-likeness (QED) is 0.0344. The average Bonchev–Trinajstić information content (AvgIpc) is 3.24. The van der Waals surface area contributed by atoms with E-state index in [2.05, 4.69) is 41.5 Å². The molecule has 0 aromatic rings. The smallest absolute Gasteiger partial charge is 0.306 e. The summed E-state index contributed by atoms with van der Waals surface area (Å²) in [5.41, 5.74) is 0.